The topological polar surface area (TPSA) is 113 Å². The molecule has 2 N–H and O–H groups in total. The van der Waals surface area contributed by atoms with E-state index in [9.17, 15) is 19.8 Å². The number of benzene rings is 2. The van der Waals surface area contributed by atoms with Crippen molar-refractivity contribution in [3.63, 3.8) is 0 Å². The predicted molar refractivity (Wildman–Crippen MR) is 214 cm³/mol. The van der Waals surface area contributed by atoms with Crippen LogP contribution in [0, 0.1) is 16.2 Å². The zero-order valence-electron chi connectivity index (χ0n) is 33.3. The molecular weight excluding hydrogens is 711 g/mol. The molecule has 6 unspecified atom stereocenters. The second-order valence-corrected chi connectivity index (χ2v) is 18.8. The molecule has 4 aliphatic carbocycles. The molecule has 2 saturated carbocycles. The first kappa shape index (κ1) is 39.4. The van der Waals surface area contributed by atoms with Gasteiger partial charge >= 0.3 is 5.97 Å². The first-order valence-electron chi connectivity index (χ1n) is 20.0. The minimum absolute atomic E-state index is 0.0883. The van der Waals surface area contributed by atoms with Crippen LogP contribution in [-0.2, 0) is 27.2 Å². The summed E-state index contributed by atoms with van der Waals surface area (Å²) in [7, 11) is 1.60. The van der Waals surface area contributed by atoms with Crippen LogP contribution in [0.1, 0.15) is 124 Å². The summed E-state index contributed by atoms with van der Waals surface area (Å²) in [6.45, 7) is 10.6. The van der Waals surface area contributed by atoms with E-state index < -0.39 is 33.6 Å². The van der Waals surface area contributed by atoms with Crippen molar-refractivity contribution in [3.05, 3.63) is 98.8 Å². The van der Waals surface area contributed by atoms with Crippen molar-refractivity contribution < 1.29 is 34.1 Å². The molecule has 1 amide bonds. The number of allylic oxidation sites excluding steroid dienone is 2. The van der Waals surface area contributed by atoms with Crippen molar-refractivity contribution in [1.29, 1.82) is 0 Å². The maximum Gasteiger partial charge on any atom is 0.313 e. The monoisotopic (exact) mass is 767 g/mol. The van der Waals surface area contributed by atoms with Crippen LogP contribution in [0.2, 0.25) is 0 Å². The van der Waals surface area contributed by atoms with Crippen molar-refractivity contribution in [3.8, 4) is 5.75 Å². The average molecular weight is 768 g/mol. The number of ketones is 1. The molecule has 55 heavy (non-hydrogen) atoms. The molecule has 2 heterocycles. The molecule has 2 aromatic carbocycles. The van der Waals surface area contributed by atoms with Gasteiger partial charge in [-0.3, -0.25) is 14.4 Å². The van der Waals surface area contributed by atoms with E-state index in [1.165, 1.54) is 5.57 Å². The Morgan fingerprint density at radius 2 is 1.76 bits per heavy atom. The smallest absolute Gasteiger partial charge is 0.313 e. The van der Waals surface area contributed by atoms with Gasteiger partial charge in [-0.1, -0.05) is 50.6 Å². The van der Waals surface area contributed by atoms with Crippen LogP contribution in [0.3, 0.4) is 0 Å². The number of amides is 1. The molecule has 0 spiro atoms. The summed E-state index contributed by atoms with van der Waals surface area (Å²) >= 11 is 1.64. The number of nitrogens with zero attached hydrogens (tertiary/aromatic N) is 1. The Hall–Kier alpha value is -3.79. The van der Waals surface area contributed by atoms with Crippen LogP contribution in [-0.4, -0.2) is 70.3 Å². The Morgan fingerprint density at radius 1 is 1.00 bits per heavy atom. The number of rotatable bonds is 9. The summed E-state index contributed by atoms with van der Waals surface area (Å²) in [5.74, 6) is -0.195. The number of aliphatic hydroxyl groups excluding tert-OH is 1. The summed E-state index contributed by atoms with van der Waals surface area (Å²) in [5, 5.41) is 26.3. The lowest BCUT2D eigenvalue weighted by Crippen LogP contribution is -2.60. The lowest BCUT2D eigenvalue weighted by molar-refractivity contribution is -0.177. The van der Waals surface area contributed by atoms with Crippen LogP contribution in [0.5, 0.6) is 5.75 Å². The molecule has 0 radical (unpaired) electrons. The Kier molecular flexibility index (Phi) is 10.5. The zero-order valence-corrected chi connectivity index (χ0v) is 34.1. The van der Waals surface area contributed by atoms with E-state index >= 15 is 4.79 Å². The number of esters is 1. The van der Waals surface area contributed by atoms with Crippen LogP contribution in [0.25, 0.3) is 0 Å². The summed E-state index contributed by atoms with van der Waals surface area (Å²) < 4.78 is 11.5. The highest BCUT2D eigenvalue weighted by atomic mass is 32.1. The molecular formula is C46H57NO7S. The number of aliphatic hydroxyl groups is 2. The average Bonchev–Trinajstić information content (AvgIpc) is 3.86. The fourth-order valence-corrected chi connectivity index (χ4v) is 11.0. The quantitative estimate of drug-likeness (QED) is 0.128. The van der Waals surface area contributed by atoms with Crippen molar-refractivity contribution in [2.24, 2.45) is 16.2 Å². The third-order valence-electron chi connectivity index (χ3n) is 14.6. The molecule has 3 aromatic rings. The minimum atomic E-state index is -1.32. The molecule has 6 atom stereocenters. The minimum Gasteiger partial charge on any atom is -0.497 e. The number of fused-ring (bicyclic) bond motifs is 10. The molecule has 294 valence electrons. The van der Waals surface area contributed by atoms with Gasteiger partial charge in [-0.15, -0.1) is 11.3 Å². The molecule has 5 aliphatic rings. The van der Waals surface area contributed by atoms with E-state index in [-0.39, 0.29) is 30.1 Å². The van der Waals surface area contributed by atoms with Gasteiger partial charge in [0.2, 0.25) is 0 Å². The van der Waals surface area contributed by atoms with E-state index in [4.69, 9.17) is 9.47 Å². The van der Waals surface area contributed by atoms with E-state index in [0.717, 1.165) is 22.4 Å². The second-order valence-electron chi connectivity index (χ2n) is 17.7. The summed E-state index contributed by atoms with van der Waals surface area (Å²) in [6, 6.07) is 17.2. The predicted octanol–water partition coefficient (Wildman–Crippen LogP) is 8.22. The normalized spacial score (nSPS) is 31.3. The maximum absolute atomic E-state index is 15.1. The fourth-order valence-electron chi connectivity index (χ4n) is 10.3. The highest BCUT2D eigenvalue weighted by Gasteiger charge is 2.76. The highest BCUT2D eigenvalue weighted by Crippen LogP contribution is 2.66. The highest BCUT2D eigenvalue weighted by molar-refractivity contribution is 7.09. The lowest BCUT2D eigenvalue weighted by Gasteiger charge is -2.47. The number of thiophene rings is 1. The van der Waals surface area contributed by atoms with Crippen molar-refractivity contribution >= 4 is 29.0 Å². The Balaban J connectivity index is 1.30. The SMILES string of the molecule is COc1ccc(C(=O)c2cc3ccc2C2CCC(O)(CN(CCc4cccs4)C(=O)C45CCC(C)(C(=O)O4)C5(C)C)C2(C)CCC=C(C)CCC(O)C3)cc1. The Labute approximate surface area is 329 Å². The van der Waals surface area contributed by atoms with E-state index in [2.05, 4.69) is 26.0 Å². The fraction of sp³-hybridized carbons (Fsp3) is 0.543. The number of carbonyl (C=O) groups excluding carboxylic acids is 3. The third kappa shape index (κ3) is 6.58. The Bertz CT molecular complexity index is 1970. The van der Waals surface area contributed by atoms with Crippen molar-refractivity contribution in [2.45, 2.75) is 122 Å². The number of ether oxygens (including phenoxy) is 2. The number of methoxy groups -OCH3 is 1. The molecule has 9 heteroatoms. The van der Waals surface area contributed by atoms with E-state index in [1.807, 2.05) is 50.4 Å². The van der Waals surface area contributed by atoms with Gasteiger partial charge in [0.05, 0.1) is 30.8 Å². The van der Waals surface area contributed by atoms with Crippen LogP contribution < -0.4 is 4.74 Å². The maximum atomic E-state index is 15.1. The largest absolute Gasteiger partial charge is 0.497 e. The van der Waals surface area contributed by atoms with Crippen molar-refractivity contribution in [2.75, 3.05) is 20.2 Å². The second kappa shape index (κ2) is 14.6. The summed E-state index contributed by atoms with van der Waals surface area (Å²) in [6.07, 6.45) is 7.53. The van der Waals surface area contributed by atoms with Gasteiger partial charge in [0.25, 0.3) is 5.91 Å². The van der Waals surface area contributed by atoms with Gasteiger partial charge in [0, 0.05) is 33.4 Å². The molecule has 8 rings (SSSR count). The van der Waals surface area contributed by atoms with Crippen LogP contribution >= 0.6 is 11.3 Å². The lowest BCUT2D eigenvalue weighted by atomic mass is 9.64. The molecule has 1 saturated heterocycles. The molecule has 1 aromatic heterocycles. The van der Waals surface area contributed by atoms with Gasteiger partial charge in [-0.2, -0.15) is 0 Å². The van der Waals surface area contributed by atoms with Gasteiger partial charge < -0.3 is 24.6 Å². The Morgan fingerprint density at radius 3 is 2.42 bits per heavy atom. The van der Waals surface area contributed by atoms with Crippen molar-refractivity contribution in [1.82, 2.24) is 4.90 Å². The first-order chi connectivity index (χ1) is 26.1. The third-order valence-corrected chi connectivity index (χ3v) is 15.6. The number of hydrogen-bond acceptors (Lipinski definition) is 8. The molecule has 3 fully saturated rings. The zero-order chi connectivity index (χ0) is 39.4. The van der Waals surface area contributed by atoms with E-state index in [1.54, 1.807) is 47.6 Å². The van der Waals surface area contributed by atoms with Gasteiger partial charge in [0.1, 0.15) is 5.75 Å². The van der Waals surface area contributed by atoms with Gasteiger partial charge in [-0.25, -0.2) is 0 Å². The van der Waals surface area contributed by atoms with Crippen LogP contribution in [0.15, 0.2) is 71.6 Å². The molecule has 8 nitrogen and oxygen atoms in total. The molecule has 4 bridgehead atoms. The number of hydrogen-bond donors (Lipinski definition) is 2. The summed E-state index contributed by atoms with van der Waals surface area (Å²) in [4.78, 5) is 45.9. The van der Waals surface area contributed by atoms with Crippen LogP contribution in [0.4, 0.5) is 0 Å². The molecule has 1 aliphatic heterocycles. The standard InChI is InChI=1S/C46H57NO7S/c1-30-9-7-21-43(4)38(36-18-12-31(27-33(48)15-11-30)28-37(36)39(49)32-13-16-34(53-6)17-14-32)19-22-45(43,52)29-47(25-20-35-10-8-26-55-35)40(50)46-24-23-44(5,41(51)54-46)42(46,2)3/h8-10,12-14,16-18,26,28,33,38,48,52H,7,11,15,19-25,27,29H2,1-6H3. The first-order valence-corrected chi connectivity index (χ1v) is 20.9. The van der Waals surface area contributed by atoms with Gasteiger partial charge in [-0.05, 0) is 137 Å². The number of carbonyl (C=O) groups is 3. The summed E-state index contributed by atoms with van der Waals surface area (Å²) in [5.41, 5.74) is -0.755. The van der Waals surface area contributed by atoms with E-state index in [0.29, 0.717) is 81.2 Å². The van der Waals surface area contributed by atoms with Gasteiger partial charge in [0.15, 0.2) is 11.4 Å².